The van der Waals surface area contributed by atoms with E-state index >= 15 is 0 Å². The highest BCUT2D eigenvalue weighted by molar-refractivity contribution is 7.92. The molecule has 28 heavy (non-hydrogen) atoms. The zero-order valence-corrected chi connectivity index (χ0v) is 16.0. The van der Waals surface area contributed by atoms with Crippen LogP contribution in [0.5, 0.6) is 0 Å². The van der Waals surface area contributed by atoms with Gasteiger partial charge in [-0.2, -0.15) is 0 Å². The first-order valence-electron chi connectivity index (χ1n) is 8.56. The summed E-state index contributed by atoms with van der Waals surface area (Å²) in [5, 5.41) is 2.68. The van der Waals surface area contributed by atoms with Crippen molar-refractivity contribution in [1.29, 1.82) is 0 Å². The van der Waals surface area contributed by atoms with Crippen molar-refractivity contribution in [2.75, 3.05) is 4.72 Å². The van der Waals surface area contributed by atoms with Crippen LogP contribution in [0.1, 0.15) is 21.5 Å². The van der Waals surface area contributed by atoms with Crippen LogP contribution in [-0.4, -0.2) is 14.3 Å². The van der Waals surface area contributed by atoms with Crippen molar-refractivity contribution in [1.82, 2.24) is 5.32 Å². The molecular weight excluding hydrogens is 379 g/mol. The summed E-state index contributed by atoms with van der Waals surface area (Å²) in [6.07, 6.45) is 0. The molecule has 0 spiro atoms. The second-order valence-electron chi connectivity index (χ2n) is 6.28. The third kappa shape index (κ3) is 4.75. The number of carbonyl (C=O) groups excluding carboxylic acids is 1. The molecule has 3 aromatic rings. The Morgan fingerprint density at radius 3 is 2.32 bits per heavy atom. The molecule has 0 aliphatic rings. The molecule has 0 saturated heterocycles. The number of hydrogen-bond donors (Lipinski definition) is 2. The number of hydrogen-bond acceptors (Lipinski definition) is 3. The number of rotatable bonds is 6. The molecular formula is C21H19FN2O3S. The first-order chi connectivity index (χ1) is 13.3. The molecule has 0 atom stereocenters. The number of nitrogens with one attached hydrogen (secondary N) is 2. The Hall–Kier alpha value is -3.19. The summed E-state index contributed by atoms with van der Waals surface area (Å²) in [6.45, 7) is 2.08. The van der Waals surface area contributed by atoms with Crippen LogP contribution >= 0.6 is 0 Å². The maximum Gasteiger partial charge on any atom is 0.261 e. The predicted octanol–water partition coefficient (Wildman–Crippen LogP) is 3.86. The lowest BCUT2D eigenvalue weighted by Gasteiger charge is -2.13. The largest absolute Gasteiger partial charge is 0.348 e. The lowest BCUT2D eigenvalue weighted by molar-refractivity contribution is 0.0951. The van der Waals surface area contributed by atoms with Crippen molar-refractivity contribution in [2.45, 2.75) is 18.4 Å². The van der Waals surface area contributed by atoms with Gasteiger partial charge in [0.25, 0.3) is 15.9 Å². The normalized spacial score (nSPS) is 11.1. The van der Waals surface area contributed by atoms with Gasteiger partial charge in [0.2, 0.25) is 0 Å². The standard InChI is InChI=1S/C21H19FN2O3S/c1-15-7-10-18(11-8-15)28(26,27)24-20-12-9-17(22)13-19(20)21(25)23-14-16-5-3-2-4-6-16/h2-13,24H,14H2,1H3,(H,23,25). The third-order valence-corrected chi connectivity index (χ3v) is 5.48. The number of sulfonamides is 1. The molecule has 0 aromatic heterocycles. The van der Waals surface area contributed by atoms with Gasteiger partial charge in [0.15, 0.2) is 0 Å². The van der Waals surface area contributed by atoms with Crippen molar-refractivity contribution in [3.8, 4) is 0 Å². The van der Waals surface area contributed by atoms with Crippen LogP contribution in [0.15, 0.2) is 77.7 Å². The predicted molar refractivity (Wildman–Crippen MR) is 106 cm³/mol. The second-order valence-corrected chi connectivity index (χ2v) is 7.96. The van der Waals surface area contributed by atoms with E-state index in [-0.39, 0.29) is 22.7 Å². The molecule has 0 radical (unpaired) electrons. The number of amides is 1. The molecule has 0 saturated carbocycles. The van der Waals surface area contributed by atoms with E-state index in [1.165, 1.54) is 18.2 Å². The summed E-state index contributed by atoms with van der Waals surface area (Å²) in [6, 6.07) is 18.8. The van der Waals surface area contributed by atoms with Crippen LogP contribution in [0.3, 0.4) is 0 Å². The van der Waals surface area contributed by atoms with Gasteiger partial charge in [0, 0.05) is 6.54 Å². The summed E-state index contributed by atoms with van der Waals surface area (Å²) < 4.78 is 41.3. The van der Waals surface area contributed by atoms with E-state index in [9.17, 15) is 17.6 Å². The number of carbonyl (C=O) groups is 1. The van der Waals surface area contributed by atoms with Gasteiger partial charge in [-0.3, -0.25) is 9.52 Å². The van der Waals surface area contributed by atoms with Gasteiger partial charge in [-0.15, -0.1) is 0 Å². The lowest BCUT2D eigenvalue weighted by Crippen LogP contribution is -2.25. The Bertz CT molecular complexity index is 1080. The SMILES string of the molecule is Cc1ccc(S(=O)(=O)Nc2ccc(F)cc2C(=O)NCc2ccccc2)cc1. The van der Waals surface area contributed by atoms with Crippen LogP contribution in [0, 0.1) is 12.7 Å². The summed E-state index contributed by atoms with van der Waals surface area (Å²) in [7, 11) is -3.92. The smallest absolute Gasteiger partial charge is 0.261 e. The second kappa shape index (κ2) is 8.22. The van der Waals surface area contributed by atoms with Gasteiger partial charge in [0.1, 0.15) is 5.82 Å². The molecule has 0 bridgehead atoms. The number of benzene rings is 3. The molecule has 2 N–H and O–H groups in total. The van der Waals surface area contributed by atoms with Gasteiger partial charge in [-0.25, -0.2) is 12.8 Å². The number of aryl methyl sites for hydroxylation is 1. The van der Waals surface area contributed by atoms with Gasteiger partial charge < -0.3 is 5.32 Å². The van der Waals surface area contributed by atoms with E-state index in [1.54, 1.807) is 12.1 Å². The minimum absolute atomic E-state index is 0.00698. The van der Waals surface area contributed by atoms with E-state index in [2.05, 4.69) is 10.0 Å². The zero-order chi connectivity index (χ0) is 20.1. The quantitative estimate of drug-likeness (QED) is 0.662. The van der Waals surface area contributed by atoms with E-state index in [1.807, 2.05) is 37.3 Å². The number of anilines is 1. The molecule has 0 heterocycles. The molecule has 144 valence electrons. The van der Waals surface area contributed by atoms with Crippen molar-refractivity contribution in [3.63, 3.8) is 0 Å². The maximum absolute atomic E-state index is 13.7. The topological polar surface area (TPSA) is 75.3 Å². The molecule has 0 unspecified atom stereocenters. The van der Waals surface area contributed by atoms with Crippen LogP contribution in [0.4, 0.5) is 10.1 Å². The fourth-order valence-electron chi connectivity index (χ4n) is 2.59. The first kappa shape index (κ1) is 19.6. The van der Waals surface area contributed by atoms with Gasteiger partial charge in [-0.05, 0) is 42.8 Å². The Labute approximate surface area is 163 Å². The van der Waals surface area contributed by atoms with Gasteiger partial charge >= 0.3 is 0 Å². The summed E-state index contributed by atoms with van der Waals surface area (Å²) in [5.74, 6) is -1.21. The average Bonchev–Trinajstić information content (AvgIpc) is 2.68. The minimum Gasteiger partial charge on any atom is -0.348 e. The van der Waals surface area contributed by atoms with E-state index in [0.29, 0.717) is 0 Å². The van der Waals surface area contributed by atoms with Gasteiger partial charge in [0.05, 0.1) is 16.1 Å². The van der Waals surface area contributed by atoms with Crippen LogP contribution in [-0.2, 0) is 16.6 Å². The Balaban J connectivity index is 1.84. The van der Waals surface area contributed by atoms with Crippen molar-refractivity contribution >= 4 is 21.6 Å². The molecule has 1 amide bonds. The fraction of sp³-hybridized carbons (Fsp3) is 0.0952. The molecule has 5 nitrogen and oxygen atoms in total. The van der Waals surface area contributed by atoms with Crippen molar-refractivity contribution < 1.29 is 17.6 Å². The Morgan fingerprint density at radius 1 is 0.964 bits per heavy atom. The summed E-state index contributed by atoms with van der Waals surface area (Å²) >= 11 is 0. The highest BCUT2D eigenvalue weighted by Crippen LogP contribution is 2.22. The minimum atomic E-state index is -3.92. The molecule has 3 rings (SSSR count). The fourth-order valence-corrected chi connectivity index (χ4v) is 3.67. The third-order valence-electron chi connectivity index (χ3n) is 4.10. The van der Waals surface area contributed by atoms with Gasteiger partial charge in [-0.1, -0.05) is 48.0 Å². The Kier molecular flexibility index (Phi) is 5.75. The zero-order valence-electron chi connectivity index (χ0n) is 15.1. The van der Waals surface area contributed by atoms with Crippen LogP contribution < -0.4 is 10.0 Å². The highest BCUT2D eigenvalue weighted by atomic mass is 32.2. The number of halogens is 1. The molecule has 0 aliphatic heterocycles. The van der Waals surface area contributed by atoms with Crippen LogP contribution in [0.2, 0.25) is 0 Å². The van der Waals surface area contributed by atoms with Crippen molar-refractivity contribution in [3.05, 3.63) is 95.3 Å². The highest BCUT2D eigenvalue weighted by Gasteiger charge is 2.19. The maximum atomic E-state index is 13.7. The van der Waals surface area contributed by atoms with E-state index in [0.717, 1.165) is 23.3 Å². The van der Waals surface area contributed by atoms with E-state index in [4.69, 9.17) is 0 Å². The molecule has 3 aromatic carbocycles. The average molecular weight is 398 g/mol. The Morgan fingerprint density at radius 2 is 1.64 bits per heavy atom. The summed E-state index contributed by atoms with van der Waals surface area (Å²) in [4.78, 5) is 12.6. The first-order valence-corrected chi connectivity index (χ1v) is 10.0. The van der Waals surface area contributed by atoms with Crippen LogP contribution in [0.25, 0.3) is 0 Å². The summed E-state index contributed by atoms with van der Waals surface area (Å²) in [5.41, 5.74) is 1.70. The van der Waals surface area contributed by atoms with E-state index < -0.39 is 21.7 Å². The monoisotopic (exact) mass is 398 g/mol. The molecule has 7 heteroatoms. The lowest BCUT2D eigenvalue weighted by atomic mass is 10.1. The molecule has 0 aliphatic carbocycles. The molecule has 0 fully saturated rings. The van der Waals surface area contributed by atoms with Crippen molar-refractivity contribution in [2.24, 2.45) is 0 Å².